The molecule has 0 aromatic heterocycles. The smallest absolute Gasteiger partial charge is 0.191 e. The van der Waals surface area contributed by atoms with Gasteiger partial charge in [0.25, 0.3) is 0 Å². The first-order chi connectivity index (χ1) is 12.1. The maximum Gasteiger partial charge on any atom is 0.191 e. The van der Waals surface area contributed by atoms with E-state index < -0.39 is 0 Å². The lowest BCUT2D eigenvalue weighted by Crippen LogP contribution is -2.38. The van der Waals surface area contributed by atoms with Crippen LogP contribution in [0.5, 0.6) is 5.75 Å². The summed E-state index contributed by atoms with van der Waals surface area (Å²) < 4.78 is 11.6. The standard InChI is InChI=1S/C19H32N4O2/c1-15-6-7-16(18(12-15)25-17-8-11-24-14-17)13-22-19(20-2)21-9-5-10-23(3)4/h6-7,12,17H,5,8-11,13-14H2,1-4H3,(H2,20,21,22). The van der Waals surface area contributed by atoms with Crippen molar-refractivity contribution in [1.29, 1.82) is 0 Å². The third-order valence-corrected chi connectivity index (χ3v) is 4.15. The first-order valence-electron chi connectivity index (χ1n) is 9.01. The summed E-state index contributed by atoms with van der Waals surface area (Å²) in [5, 5.41) is 6.72. The van der Waals surface area contributed by atoms with Crippen molar-refractivity contribution in [3.05, 3.63) is 29.3 Å². The van der Waals surface area contributed by atoms with Crippen molar-refractivity contribution >= 4 is 5.96 Å². The summed E-state index contributed by atoms with van der Waals surface area (Å²) in [7, 11) is 5.96. The van der Waals surface area contributed by atoms with Crippen LogP contribution in [0.15, 0.2) is 23.2 Å². The van der Waals surface area contributed by atoms with Crippen LogP contribution in [-0.2, 0) is 11.3 Å². The maximum atomic E-state index is 6.15. The van der Waals surface area contributed by atoms with Crippen LogP contribution >= 0.6 is 0 Å². The van der Waals surface area contributed by atoms with Gasteiger partial charge in [0.05, 0.1) is 13.2 Å². The Morgan fingerprint density at radius 2 is 2.20 bits per heavy atom. The molecule has 6 heteroatoms. The second-order valence-electron chi connectivity index (χ2n) is 6.72. The van der Waals surface area contributed by atoms with Crippen LogP contribution in [-0.4, -0.2) is 64.4 Å². The van der Waals surface area contributed by atoms with E-state index in [0.717, 1.165) is 49.8 Å². The van der Waals surface area contributed by atoms with Gasteiger partial charge in [0.15, 0.2) is 5.96 Å². The molecule has 1 aromatic rings. The minimum Gasteiger partial charge on any atom is -0.488 e. The summed E-state index contributed by atoms with van der Waals surface area (Å²) in [5.41, 5.74) is 2.33. The first-order valence-corrected chi connectivity index (χ1v) is 9.01. The highest BCUT2D eigenvalue weighted by atomic mass is 16.5. The van der Waals surface area contributed by atoms with Crippen LogP contribution in [0.4, 0.5) is 0 Å². The zero-order valence-electron chi connectivity index (χ0n) is 16.0. The molecule has 1 aromatic carbocycles. The van der Waals surface area contributed by atoms with Gasteiger partial charge in [-0.25, -0.2) is 0 Å². The van der Waals surface area contributed by atoms with Gasteiger partial charge >= 0.3 is 0 Å². The van der Waals surface area contributed by atoms with Gasteiger partial charge in [-0.1, -0.05) is 12.1 Å². The minimum atomic E-state index is 0.157. The monoisotopic (exact) mass is 348 g/mol. The maximum absolute atomic E-state index is 6.15. The molecule has 1 unspecified atom stereocenters. The molecule has 1 aliphatic rings. The lowest BCUT2D eigenvalue weighted by molar-refractivity contribution is 0.140. The van der Waals surface area contributed by atoms with Crippen molar-refractivity contribution < 1.29 is 9.47 Å². The fraction of sp³-hybridized carbons (Fsp3) is 0.632. The van der Waals surface area contributed by atoms with Crippen LogP contribution < -0.4 is 15.4 Å². The van der Waals surface area contributed by atoms with Crippen molar-refractivity contribution in [3.63, 3.8) is 0 Å². The molecule has 140 valence electrons. The number of aliphatic imine (C=N–C) groups is 1. The van der Waals surface area contributed by atoms with Gasteiger partial charge in [0, 0.05) is 32.1 Å². The van der Waals surface area contributed by atoms with Crippen molar-refractivity contribution in [2.45, 2.75) is 32.4 Å². The van der Waals surface area contributed by atoms with Gasteiger partial charge in [-0.05, 0) is 45.6 Å². The third-order valence-electron chi connectivity index (χ3n) is 4.15. The largest absolute Gasteiger partial charge is 0.488 e. The second kappa shape index (κ2) is 10.3. The van der Waals surface area contributed by atoms with Crippen LogP contribution in [0.2, 0.25) is 0 Å². The number of hydrogen-bond donors (Lipinski definition) is 2. The number of aryl methyl sites for hydroxylation is 1. The lowest BCUT2D eigenvalue weighted by atomic mass is 10.1. The molecule has 0 saturated carbocycles. The number of nitrogens with zero attached hydrogens (tertiary/aromatic N) is 2. The first kappa shape index (κ1) is 19.5. The number of rotatable bonds is 8. The molecule has 2 rings (SSSR count). The fourth-order valence-electron chi connectivity index (χ4n) is 2.70. The Morgan fingerprint density at radius 3 is 2.88 bits per heavy atom. The average Bonchev–Trinajstić information content (AvgIpc) is 3.08. The Labute approximate surface area is 151 Å². The molecule has 1 aliphatic heterocycles. The van der Waals surface area contributed by atoms with Gasteiger partial charge in [-0.3, -0.25) is 4.99 Å². The molecular formula is C19H32N4O2. The Kier molecular flexibility index (Phi) is 8.01. The summed E-state index contributed by atoms with van der Waals surface area (Å²) in [5.74, 6) is 1.75. The predicted octanol–water partition coefficient (Wildman–Crippen LogP) is 1.78. The van der Waals surface area contributed by atoms with E-state index in [9.17, 15) is 0 Å². The van der Waals surface area contributed by atoms with E-state index in [2.05, 4.69) is 59.7 Å². The third kappa shape index (κ3) is 6.92. The molecule has 1 atom stereocenters. The molecule has 2 N–H and O–H groups in total. The molecule has 1 fully saturated rings. The van der Waals surface area contributed by atoms with Gasteiger partial charge in [-0.2, -0.15) is 0 Å². The number of guanidine groups is 1. The highest BCUT2D eigenvalue weighted by Gasteiger charge is 2.18. The molecule has 0 bridgehead atoms. The van der Waals surface area contributed by atoms with E-state index in [-0.39, 0.29) is 6.10 Å². The van der Waals surface area contributed by atoms with Gasteiger partial charge in [0.1, 0.15) is 11.9 Å². The van der Waals surface area contributed by atoms with E-state index in [1.165, 1.54) is 5.56 Å². The summed E-state index contributed by atoms with van der Waals surface area (Å²) in [6, 6.07) is 6.33. The molecule has 25 heavy (non-hydrogen) atoms. The lowest BCUT2D eigenvalue weighted by Gasteiger charge is -2.18. The van der Waals surface area contributed by atoms with Crippen LogP contribution in [0.3, 0.4) is 0 Å². The molecule has 6 nitrogen and oxygen atoms in total. The van der Waals surface area contributed by atoms with Gasteiger partial charge in [0.2, 0.25) is 0 Å². The number of hydrogen-bond acceptors (Lipinski definition) is 4. The quantitative estimate of drug-likeness (QED) is 0.426. The molecule has 1 heterocycles. The van der Waals surface area contributed by atoms with E-state index in [4.69, 9.17) is 9.47 Å². The predicted molar refractivity (Wildman–Crippen MR) is 102 cm³/mol. The summed E-state index contributed by atoms with van der Waals surface area (Å²) >= 11 is 0. The summed E-state index contributed by atoms with van der Waals surface area (Å²) in [4.78, 5) is 6.47. The van der Waals surface area contributed by atoms with Crippen LogP contribution in [0.1, 0.15) is 24.0 Å². The van der Waals surface area contributed by atoms with Crippen molar-refractivity contribution in [1.82, 2.24) is 15.5 Å². The normalized spacial score (nSPS) is 17.8. The van der Waals surface area contributed by atoms with E-state index in [1.807, 2.05) is 0 Å². The number of ether oxygens (including phenoxy) is 2. The molecule has 0 radical (unpaired) electrons. The van der Waals surface area contributed by atoms with E-state index in [1.54, 1.807) is 7.05 Å². The van der Waals surface area contributed by atoms with E-state index in [0.29, 0.717) is 13.2 Å². The topological polar surface area (TPSA) is 58.1 Å². The zero-order valence-corrected chi connectivity index (χ0v) is 16.0. The van der Waals surface area contributed by atoms with Crippen LogP contribution in [0.25, 0.3) is 0 Å². The molecular weight excluding hydrogens is 316 g/mol. The van der Waals surface area contributed by atoms with Gasteiger partial charge in [-0.15, -0.1) is 0 Å². The SMILES string of the molecule is CN=C(NCCCN(C)C)NCc1ccc(C)cc1OC1CCOC1. The van der Waals surface area contributed by atoms with E-state index >= 15 is 0 Å². The Balaban J connectivity index is 1.87. The Bertz CT molecular complexity index is 554. The molecule has 1 saturated heterocycles. The van der Waals surface area contributed by atoms with Crippen molar-refractivity contribution in [2.75, 3.05) is 47.4 Å². The second-order valence-corrected chi connectivity index (χ2v) is 6.72. The average molecular weight is 348 g/mol. The van der Waals surface area contributed by atoms with Crippen molar-refractivity contribution in [3.8, 4) is 5.75 Å². The number of benzene rings is 1. The van der Waals surface area contributed by atoms with Crippen molar-refractivity contribution in [2.24, 2.45) is 4.99 Å². The Hall–Kier alpha value is -1.79. The molecule has 0 spiro atoms. The molecule has 0 aliphatic carbocycles. The number of nitrogens with one attached hydrogen (secondary N) is 2. The van der Waals surface area contributed by atoms with Gasteiger partial charge < -0.3 is 25.0 Å². The fourth-order valence-corrected chi connectivity index (χ4v) is 2.70. The van der Waals surface area contributed by atoms with Crippen LogP contribution in [0, 0.1) is 6.92 Å². The summed E-state index contributed by atoms with van der Waals surface area (Å²) in [6.45, 7) is 6.18. The minimum absolute atomic E-state index is 0.157. The summed E-state index contributed by atoms with van der Waals surface area (Å²) in [6.07, 6.45) is 2.19. The highest BCUT2D eigenvalue weighted by molar-refractivity contribution is 5.79. The molecule has 0 amide bonds. The zero-order chi connectivity index (χ0) is 18.1. The highest BCUT2D eigenvalue weighted by Crippen LogP contribution is 2.23. The Morgan fingerprint density at radius 1 is 1.36 bits per heavy atom.